The molecule has 0 aliphatic carbocycles. The minimum Gasteiger partial charge on any atom is -0.496 e. The summed E-state index contributed by atoms with van der Waals surface area (Å²) < 4.78 is 44.2. The van der Waals surface area contributed by atoms with Gasteiger partial charge in [-0.25, -0.2) is 4.98 Å². The van der Waals surface area contributed by atoms with Crippen molar-refractivity contribution in [2.24, 2.45) is 0 Å². The second-order valence-corrected chi connectivity index (χ2v) is 9.82. The van der Waals surface area contributed by atoms with Crippen molar-refractivity contribution >= 4 is 46.3 Å². The molecule has 4 rings (SSSR count). The molecule has 0 bridgehead atoms. The van der Waals surface area contributed by atoms with Gasteiger partial charge in [0.15, 0.2) is 0 Å². The molecule has 0 fully saturated rings. The van der Waals surface area contributed by atoms with Crippen LogP contribution in [0.25, 0.3) is 21.1 Å². The van der Waals surface area contributed by atoms with E-state index in [9.17, 15) is 18.0 Å². The fraction of sp³-hybridized carbons (Fsp3) is 0.167. The summed E-state index contributed by atoms with van der Waals surface area (Å²) in [7, 11) is 1.61. The Kier molecular flexibility index (Phi) is 7.82. The lowest BCUT2D eigenvalue weighted by Crippen LogP contribution is -2.15. The van der Waals surface area contributed by atoms with Crippen LogP contribution in [0.5, 0.6) is 5.75 Å². The predicted octanol–water partition coefficient (Wildman–Crippen LogP) is 6.99. The highest BCUT2D eigenvalue weighted by atomic mass is 35.5. The number of alkyl halides is 3. The van der Waals surface area contributed by atoms with Gasteiger partial charge in [0.1, 0.15) is 21.5 Å². The number of hydrogen-bond acceptors (Lipinski definition) is 7. The second kappa shape index (κ2) is 10.9. The monoisotopic (exact) mass is 550 g/mol. The summed E-state index contributed by atoms with van der Waals surface area (Å²) in [4.78, 5) is 17.8. The van der Waals surface area contributed by atoms with Crippen LogP contribution in [0, 0.1) is 6.92 Å². The van der Waals surface area contributed by atoms with Crippen molar-refractivity contribution in [2.75, 3.05) is 18.2 Å². The number of ether oxygens (including phenoxy) is 1. The van der Waals surface area contributed by atoms with Crippen molar-refractivity contribution in [1.82, 2.24) is 15.2 Å². The molecular weight excluding hydrogens is 533 g/mol. The third-order valence-corrected chi connectivity index (χ3v) is 7.39. The lowest BCUT2D eigenvalue weighted by atomic mass is 10.2. The van der Waals surface area contributed by atoms with Gasteiger partial charge in [0.25, 0.3) is 0 Å². The Morgan fingerprint density at radius 2 is 1.92 bits per heavy atom. The summed E-state index contributed by atoms with van der Waals surface area (Å²) >= 11 is 8.50. The van der Waals surface area contributed by atoms with Crippen LogP contribution in [-0.2, 0) is 11.0 Å². The Labute approximate surface area is 217 Å². The van der Waals surface area contributed by atoms with Crippen LogP contribution < -0.4 is 10.1 Å². The maximum atomic E-state index is 12.9. The Morgan fingerprint density at radius 1 is 1.14 bits per heavy atom. The number of carbonyl (C=O) groups is 1. The van der Waals surface area contributed by atoms with E-state index in [1.54, 1.807) is 19.2 Å². The van der Waals surface area contributed by atoms with E-state index in [0.29, 0.717) is 10.7 Å². The summed E-state index contributed by atoms with van der Waals surface area (Å²) in [5.74, 6) is 0.116. The summed E-state index contributed by atoms with van der Waals surface area (Å²) in [6.07, 6.45) is -4.54. The number of thiazole rings is 1. The third kappa shape index (κ3) is 5.97. The molecule has 186 valence electrons. The van der Waals surface area contributed by atoms with Gasteiger partial charge in [-0.2, -0.15) is 13.2 Å². The number of aryl methyl sites for hydroxylation is 1. The first kappa shape index (κ1) is 25.9. The van der Waals surface area contributed by atoms with E-state index in [0.717, 1.165) is 56.9 Å². The Bertz CT molecular complexity index is 1400. The summed E-state index contributed by atoms with van der Waals surface area (Å²) in [6.45, 7) is 1.89. The minimum atomic E-state index is -4.54. The van der Waals surface area contributed by atoms with Gasteiger partial charge in [0.05, 0.1) is 45.3 Å². The SMILES string of the molecule is COc1ccccc1-c1nc(C)c(-c2ccc(SCC(=O)Nc3cc(C(F)(F)F)ccc3Cl)nn2)s1. The molecule has 0 spiro atoms. The fourth-order valence-electron chi connectivity index (χ4n) is 3.21. The molecule has 0 saturated carbocycles. The van der Waals surface area contributed by atoms with Crippen LogP contribution in [0.4, 0.5) is 18.9 Å². The van der Waals surface area contributed by atoms with E-state index in [4.69, 9.17) is 16.3 Å². The summed E-state index contributed by atoms with van der Waals surface area (Å²) in [5, 5.41) is 12.1. The number of halogens is 4. The van der Waals surface area contributed by atoms with E-state index in [-0.39, 0.29) is 16.5 Å². The number of aromatic nitrogens is 3. The molecule has 2 aromatic heterocycles. The van der Waals surface area contributed by atoms with Crippen molar-refractivity contribution in [1.29, 1.82) is 0 Å². The Morgan fingerprint density at radius 3 is 2.61 bits per heavy atom. The molecule has 0 radical (unpaired) electrons. The number of nitrogens with one attached hydrogen (secondary N) is 1. The highest BCUT2D eigenvalue weighted by Gasteiger charge is 2.31. The van der Waals surface area contributed by atoms with E-state index in [2.05, 4.69) is 20.5 Å². The number of hydrogen-bond donors (Lipinski definition) is 1. The summed E-state index contributed by atoms with van der Waals surface area (Å²) in [6, 6.07) is 13.9. The lowest BCUT2D eigenvalue weighted by molar-refractivity contribution is -0.137. The van der Waals surface area contributed by atoms with Gasteiger partial charge < -0.3 is 10.1 Å². The topological polar surface area (TPSA) is 77.0 Å². The predicted molar refractivity (Wildman–Crippen MR) is 136 cm³/mol. The molecule has 12 heteroatoms. The van der Waals surface area contributed by atoms with Gasteiger partial charge in [-0.1, -0.05) is 35.5 Å². The molecule has 0 aliphatic rings. The normalized spacial score (nSPS) is 11.4. The largest absolute Gasteiger partial charge is 0.496 e. The van der Waals surface area contributed by atoms with Gasteiger partial charge >= 0.3 is 6.18 Å². The molecule has 0 atom stereocenters. The zero-order valence-electron chi connectivity index (χ0n) is 18.9. The molecule has 4 aromatic rings. The molecule has 2 heterocycles. The standard InChI is InChI=1S/C24H18ClF3N4O2S2/c1-13-22(36-23(29-13)15-5-3-4-6-19(15)34-2)17-9-10-21(32-31-17)35-12-20(33)30-18-11-14(24(26,27)28)7-8-16(18)25/h3-11H,12H2,1-2H3,(H,30,33). The number of para-hydroxylation sites is 1. The number of carbonyl (C=O) groups excluding carboxylic acids is 1. The van der Waals surface area contributed by atoms with Gasteiger partial charge in [0, 0.05) is 0 Å². The van der Waals surface area contributed by atoms with Gasteiger partial charge in [-0.05, 0) is 49.4 Å². The van der Waals surface area contributed by atoms with E-state index < -0.39 is 17.6 Å². The molecule has 0 unspecified atom stereocenters. The lowest BCUT2D eigenvalue weighted by Gasteiger charge is -2.11. The number of nitrogens with zero attached hydrogens (tertiary/aromatic N) is 3. The van der Waals surface area contributed by atoms with Crippen molar-refractivity contribution in [3.8, 4) is 26.9 Å². The first-order valence-electron chi connectivity index (χ1n) is 10.4. The van der Waals surface area contributed by atoms with E-state index in [1.807, 2.05) is 31.2 Å². The smallest absolute Gasteiger partial charge is 0.416 e. The number of rotatable bonds is 7. The maximum absolute atomic E-state index is 12.9. The van der Waals surface area contributed by atoms with Crippen molar-refractivity contribution < 1.29 is 22.7 Å². The van der Waals surface area contributed by atoms with E-state index >= 15 is 0 Å². The number of thioether (sulfide) groups is 1. The van der Waals surface area contributed by atoms with Crippen LogP contribution in [0.3, 0.4) is 0 Å². The van der Waals surface area contributed by atoms with Crippen molar-refractivity contribution in [3.05, 3.63) is 70.9 Å². The maximum Gasteiger partial charge on any atom is 0.416 e. The Hall–Kier alpha value is -3.15. The Balaban J connectivity index is 1.42. The average Bonchev–Trinajstić information content (AvgIpc) is 3.25. The van der Waals surface area contributed by atoms with Crippen LogP contribution in [0.2, 0.25) is 5.02 Å². The molecule has 6 nitrogen and oxygen atoms in total. The van der Waals surface area contributed by atoms with Gasteiger partial charge in [0.2, 0.25) is 5.91 Å². The third-order valence-electron chi connectivity index (χ3n) is 4.93. The summed E-state index contributed by atoms with van der Waals surface area (Å²) in [5.41, 5.74) is 1.31. The molecule has 36 heavy (non-hydrogen) atoms. The number of anilines is 1. The molecule has 1 N–H and O–H groups in total. The molecule has 1 amide bonds. The zero-order chi connectivity index (χ0) is 25.9. The molecule has 0 saturated heterocycles. The number of methoxy groups -OCH3 is 1. The van der Waals surface area contributed by atoms with Crippen LogP contribution in [0.1, 0.15) is 11.3 Å². The first-order valence-corrected chi connectivity index (χ1v) is 12.6. The minimum absolute atomic E-state index is 0.0120. The quantitative estimate of drug-likeness (QED) is 0.250. The molecule has 2 aromatic carbocycles. The van der Waals surface area contributed by atoms with Crippen molar-refractivity contribution in [3.63, 3.8) is 0 Å². The highest BCUT2D eigenvalue weighted by Crippen LogP contribution is 2.38. The molecular formula is C24H18ClF3N4O2S2. The highest BCUT2D eigenvalue weighted by molar-refractivity contribution is 7.99. The van der Waals surface area contributed by atoms with Crippen LogP contribution in [0.15, 0.2) is 59.6 Å². The van der Waals surface area contributed by atoms with Crippen LogP contribution in [-0.4, -0.2) is 34.0 Å². The average molecular weight is 551 g/mol. The van der Waals surface area contributed by atoms with Crippen LogP contribution >= 0.6 is 34.7 Å². The fourth-order valence-corrected chi connectivity index (χ4v) is 5.05. The van der Waals surface area contributed by atoms with E-state index in [1.165, 1.54) is 11.3 Å². The second-order valence-electron chi connectivity index (χ2n) is 7.42. The molecule has 0 aliphatic heterocycles. The van der Waals surface area contributed by atoms with Gasteiger partial charge in [-0.15, -0.1) is 21.5 Å². The van der Waals surface area contributed by atoms with Crippen molar-refractivity contribution in [2.45, 2.75) is 18.1 Å². The first-order chi connectivity index (χ1) is 17.2. The number of benzene rings is 2. The zero-order valence-corrected chi connectivity index (χ0v) is 21.3. The number of amides is 1. The van der Waals surface area contributed by atoms with Gasteiger partial charge in [-0.3, -0.25) is 4.79 Å².